The summed E-state index contributed by atoms with van der Waals surface area (Å²) in [5, 5.41) is 0. The number of hydrogen-bond acceptors (Lipinski definition) is 6. The van der Waals surface area contributed by atoms with Crippen LogP contribution in [0.1, 0.15) is 16.7 Å². The minimum absolute atomic E-state index is 0.261. The molecule has 146 valence electrons. The molecule has 4 aromatic rings. The van der Waals surface area contributed by atoms with E-state index in [2.05, 4.69) is 46.0 Å². The zero-order valence-electron chi connectivity index (χ0n) is 16.5. The molecule has 0 saturated carbocycles. The number of likely N-dealkylation sites (N-methyl/N-ethyl adjacent to an activating group) is 1. The van der Waals surface area contributed by atoms with E-state index in [1.165, 1.54) is 16.7 Å². The fourth-order valence-corrected chi connectivity index (χ4v) is 3.93. The summed E-state index contributed by atoms with van der Waals surface area (Å²) in [6.07, 6.45) is 8.11. The summed E-state index contributed by atoms with van der Waals surface area (Å²) in [7, 11) is 2.15. The van der Waals surface area contributed by atoms with Crippen LogP contribution in [0.25, 0.3) is 16.8 Å². The van der Waals surface area contributed by atoms with Crippen molar-refractivity contribution in [3.8, 4) is 22.9 Å². The average Bonchev–Trinajstić information content (AvgIpc) is 3.12. The molecule has 0 aliphatic carbocycles. The summed E-state index contributed by atoms with van der Waals surface area (Å²) in [6, 6.07) is 8.13. The van der Waals surface area contributed by atoms with Gasteiger partial charge in [-0.3, -0.25) is 0 Å². The molecule has 7 nitrogen and oxygen atoms in total. The second kappa shape index (κ2) is 6.86. The van der Waals surface area contributed by atoms with Crippen LogP contribution in [0, 0.1) is 6.92 Å². The third kappa shape index (κ3) is 3.19. The van der Waals surface area contributed by atoms with E-state index in [1.807, 2.05) is 22.7 Å². The number of nitrogens with zero attached hydrogens (tertiary/aromatic N) is 5. The highest BCUT2D eigenvalue weighted by molar-refractivity contribution is 5.66. The molecular weight excluding hydrogens is 364 g/mol. The number of fused-ring (bicyclic) bond motifs is 2. The summed E-state index contributed by atoms with van der Waals surface area (Å²) in [5.41, 5.74) is 12.8. The van der Waals surface area contributed by atoms with Gasteiger partial charge in [0.05, 0.1) is 23.7 Å². The lowest BCUT2D eigenvalue weighted by atomic mass is 9.92. The molecule has 1 aromatic carbocycles. The Morgan fingerprint density at radius 3 is 3.00 bits per heavy atom. The highest BCUT2D eigenvalue weighted by atomic mass is 16.5. The highest BCUT2D eigenvalue weighted by Gasteiger charge is 2.18. The monoisotopic (exact) mass is 386 g/mol. The Hall–Kier alpha value is -3.45. The number of ether oxygens (including phenoxy) is 1. The van der Waals surface area contributed by atoms with E-state index < -0.39 is 0 Å². The molecule has 2 N–H and O–H groups in total. The first-order valence-electron chi connectivity index (χ1n) is 9.61. The third-order valence-electron chi connectivity index (χ3n) is 5.45. The van der Waals surface area contributed by atoms with Crippen LogP contribution < -0.4 is 10.5 Å². The number of anilines is 1. The van der Waals surface area contributed by atoms with Crippen LogP contribution >= 0.6 is 0 Å². The van der Waals surface area contributed by atoms with Crippen molar-refractivity contribution in [3.05, 3.63) is 65.9 Å². The summed E-state index contributed by atoms with van der Waals surface area (Å²) in [4.78, 5) is 15.5. The first-order chi connectivity index (χ1) is 14.1. The zero-order chi connectivity index (χ0) is 20.0. The lowest BCUT2D eigenvalue weighted by Crippen LogP contribution is -2.27. The van der Waals surface area contributed by atoms with E-state index >= 15 is 0 Å². The molecule has 7 heteroatoms. The van der Waals surface area contributed by atoms with Crippen molar-refractivity contribution in [3.63, 3.8) is 0 Å². The Kier molecular flexibility index (Phi) is 4.17. The second-order valence-corrected chi connectivity index (χ2v) is 7.52. The Balaban J connectivity index is 1.53. The van der Waals surface area contributed by atoms with Crippen LogP contribution in [0.2, 0.25) is 0 Å². The Morgan fingerprint density at radius 2 is 2.10 bits per heavy atom. The van der Waals surface area contributed by atoms with Gasteiger partial charge in [-0.15, -0.1) is 0 Å². The molecule has 0 atom stereocenters. The minimum Gasteiger partial charge on any atom is -0.434 e. The summed E-state index contributed by atoms with van der Waals surface area (Å²) >= 11 is 0. The first-order valence-corrected chi connectivity index (χ1v) is 9.61. The summed E-state index contributed by atoms with van der Waals surface area (Å²) < 4.78 is 7.91. The summed E-state index contributed by atoms with van der Waals surface area (Å²) in [6.45, 7) is 4.20. The van der Waals surface area contributed by atoms with Crippen molar-refractivity contribution in [2.45, 2.75) is 19.9 Å². The first kappa shape index (κ1) is 17.6. The van der Waals surface area contributed by atoms with Gasteiger partial charge in [0.25, 0.3) is 5.88 Å². The quantitative estimate of drug-likeness (QED) is 0.581. The molecule has 3 aromatic heterocycles. The number of benzene rings is 1. The Bertz CT molecular complexity index is 1220. The summed E-state index contributed by atoms with van der Waals surface area (Å²) in [5.74, 6) is 1.23. The number of rotatable bonds is 3. The van der Waals surface area contributed by atoms with Gasteiger partial charge in [0.1, 0.15) is 0 Å². The van der Waals surface area contributed by atoms with Crippen molar-refractivity contribution in [2.24, 2.45) is 0 Å². The molecule has 0 bridgehead atoms. The fourth-order valence-electron chi connectivity index (χ4n) is 3.93. The Labute approximate surface area is 168 Å². The highest BCUT2D eigenvalue weighted by Crippen LogP contribution is 2.32. The second-order valence-electron chi connectivity index (χ2n) is 7.52. The van der Waals surface area contributed by atoms with Crippen molar-refractivity contribution < 1.29 is 4.74 Å². The number of hydrogen-bond donors (Lipinski definition) is 1. The zero-order valence-corrected chi connectivity index (χ0v) is 16.5. The maximum Gasteiger partial charge on any atom is 0.263 e. The van der Waals surface area contributed by atoms with Crippen LogP contribution in [0.3, 0.4) is 0 Å². The fraction of sp³-hybridized carbons (Fsp3) is 0.227. The maximum absolute atomic E-state index is 6.06. The van der Waals surface area contributed by atoms with E-state index in [4.69, 9.17) is 10.5 Å². The van der Waals surface area contributed by atoms with Crippen molar-refractivity contribution in [2.75, 3.05) is 19.3 Å². The van der Waals surface area contributed by atoms with Crippen LogP contribution in [0.15, 0.2) is 49.2 Å². The molecule has 5 rings (SSSR count). The molecule has 0 spiro atoms. The predicted molar refractivity (Wildman–Crippen MR) is 112 cm³/mol. The van der Waals surface area contributed by atoms with Gasteiger partial charge in [-0.2, -0.15) is 0 Å². The smallest absolute Gasteiger partial charge is 0.263 e. The lowest BCUT2D eigenvalue weighted by molar-refractivity contribution is 0.312. The maximum atomic E-state index is 6.06. The largest absolute Gasteiger partial charge is 0.434 e. The molecular formula is C22H22N6O. The average molecular weight is 386 g/mol. The van der Waals surface area contributed by atoms with Gasteiger partial charge in [0, 0.05) is 31.0 Å². The van der Waals surface area contributed by atoms with Gasteiger partial charge in [-0.25, -0.2) is 15.0 Å². The van der Waals surface area contributed by atoms with Crippen LogP contribution in [0.5, 0.6) is 11.6 Å². The molecule has 0 saturated heterocycles. The minimum atomic E-state index is 0.261. The molecule has 1 aliphatic rings. The Morgan fingerprint density at radius 1 is 1.21 bits per heavy atom. The number of aryl methyl sites for hydroxylation is 1. The van der Waals surface area contributed by atoms with Crippen LogP contribution in [0.4, 0.5) is 5.82 Å². The topological polar surface area (TPSA) is 81.6 Å². The predicted octanol–water partition coefficient (Wildman–Crippen LogP) is 3.46. The van der Waals surface area contributed by atoms with Crippen molar-refractivity contribution >= 4 is 11.3 Å². The third-order valence-corrected chi connectivity index (χ3v) is 5.45. The van der Waals surface area contributed by atoms with E-state index in [0.29, 0.717) is 11.6 Å². The molecule has 4 heterocycles. The molecule has 29 heavy (non-hydrogen) atoms. The van der Waals surface area contributed by atoms with Crippen LogP contribution in [-0.2, 0) is 13.0 Å². The molecule has 0 unspecified atom stereocenters. The van der Waals surface area contributed by atoms with E-state index in [-0.39, 0.29) is 5.82 Å². The van der Waals surface area contributed by atoms with E-state index in [0.717, 1.165) is 36.3 Å². The number of nitrogen functional groups attached to an aromatic ring is 1. The van der Waals surface area contributed by atoms with Crippen molar-refractivity contribution in [1.29, 1.82) is 0 Å². The number of aromatic nitrogens is 4. The van der Waals surface area contributed by atoms with E-state index in [1.54, 1.807) is 18.7 Å². The van der Waals surface area contributed by atoms with Gasteiger partial charge in [0.2, 0.25) is 0 Å². The standard InChI is InChI=1S/C22H22N6O/c1-14-9-15(10-16-12-27(2)7-4-17(14)16)18-11-25-21(23)22(26-18)29-20-5-8-28-13-24-6-3-19(20)28/h3,5-6,8-11,13H,4,7,12H2,1-2H3,(H2,23,25). The van der Waals surface area contributed by atoms with Gasteiger partial charge in [-0.1, -0.05) is 0 Å². The van der Waals surface area contributed by atoms with Gasteiger partial charge in [-0.05, 0) is 61.3 Å². The molecule has 1 aliphatic heterocycles. The van der Waals surface area contributed by atoms with Gasteiger partial charge in [0.15, 0.2) is 11.6 Å². The van der Waals surface area contributed by atoms with E-state index in [9.17, 15) is 0 Å². The molecule has 0 amide bonds. The molecule has 0 radical (unpaired) electrons. The normalized spacial score (nSPS) is 14.1. The van der Waals surface area contributed by atoms with Gasteiger partial charge < -0.3 is 19.8 Å². The number of nitrogens with two attached hydrogens (primary N) is 1. The SMILES string of the molecule is Cc1cc(-c2cnc(N)c(Oc3ccn4cnccc34)n2)cc2c1CCN(C)C2. The van der Waals surface area contributed by atoms with Crippen LogP contribution in [-0.4, -0.2) is 37.8 Å². The van der Waals surface area contributed by atoms with Crippen molar-refractivity contribution in [1.82, 2.24) is 24.3 Å². The molecule has 0 fully saturated rings. The van der Waals surface area contributed by atoms with Gasteiger partial charge >= 0.3 is 0 Å². The lowest BCUT2D eigenvalue weighted by Gasteiger charge is -2.27.